The van der Waals surface area contributed by atoms with E-state index >= 15 is 0 Å². The molecule has 0 saturated heterocycles. The summed E-state index contributed by atoms with van der Waals surface area (Å²) in [4.78, 5) is 11.7. The van der Waals surface area contributed by atoms with E-state index in [1.807, 2.05) is 43.6 Å². The number of hydrogen-bond acceptors (Lipinski definition) is 3. The Balaban J connectivity index is 0.000000334. The smallest absolute Gasteiger partial charge is 0.162 e. The van der Waals surface area contributed by atoms with Crippen LogP contribution in [0.2, 0.25) is 0 Å². The zero-order chi connectivity index (χ0) is 34.6. The first-order valence-electron chi connectivity index (χ1n) is 17.3. The minimum absolute atomic E-state index is 0. The molecule has 0 bridgehead atoms. The third-order valence-corrected chi connectivity index (χ3v) is 10.8. The molecule has 1 radical (unpaired) electrons. The molecule has 3 aromatic carbocycles. The zero-order valence-electron chi connectivity index (χ0n) is 30.4. The van der Waals surface area contributed by atoms with Gasteiger partial charge in [0.05, 0.1) is 17.6 Å². The molecule has 0 aliphatic carbocycles. The Morgan fingerprint density at radius 3 is 2.04 bits per heavy atom. The number of thiophene rings is 1. The van der Waals surface area contributed by atoms with Gasteiger partial charge in [-0.25, -0.2) is 0 Å². The molecule has 48 heavy (non-hydrogen) atoms. The number of aromatic nitrogens is 1. The maximum absolute atomic E-state index is 11.7. The Morgan fingerprint density at radius 2 is 1.48 bits per heavy atom. The van der Waals surface area contributed by atoms with Gasteiger partial charge < -0.3 is 9.67 Å². The number of carbonyl (C=O) groups excluding carboxylic acids is 1. The van der Waals surface area contributed by atoms with Crippen molar-refractivity contribution in [1.82, 2.24) is 0 Å². The van der Waals surface area contributed by atoms with Crippen LogP contribution in [0.25, 0.3) is 42.2 Å². The normalized spacial score (nSPS) is 12.2. The van der Waals surface area contributed by atoms with Crippen LogP contribution >= 0.6 is 11.3 Å². The molecular formula is C43H54IrNO2S-. The zero-order valence-corrected chi connectivity index (χ0v) is 33.6. The molecule has 2 aromatic heterocycles. The molecule has 0 fully saturated rings. The molecule has 2 heterocycles. The summed E-state index contributed by atoms with van der Waals surface area (Å²) in [5.41, 5.74) is 6.14. The summed E-state index contributed by atoms with van der Waals surface area (Å²) in [6.07, 6.45) is 7.00. The van der Waals surface area contributed by atoms with Crippen LogP contribution in [0.3, 0.4) is 0 Å². The van der Waals surface area contributed by atoms with Gasteiger partial charge in [0, 0.05) is 54.5 Å². The Labute approximate surface area is 306 Å². The van der Waals surface area contributed by atoms with Crippen molar-refractivity contribution >= 4 is 48.1 Å². The van der Waals surface area contributed by atoms with Crippen molar-refractivity contribution in [2.75, 3.05) is 0 Å². The first-order valence-corrected chi connectivity index (χ1v) is 18.1. The van der Waals surface area contributed by atoms with E-state index in [2.05, 4.69) is 109 Å². The molecule has 5 rings (SSSR count). The van der Waals surface area contributed by atoms with Crippen molar-refractivity contribution in [2.45, 2.75) is 99.3 Å². The third kappa shape index (κ3) is 8.18. The van der Waals surface area contributed by atoms with E-state index in [1.54, 1.807) is 0 Å². The van der Waals surface area contributed by atoms with Crippen molar-refractivity contribution in [3.05, 3.63) is 103 Å². The Kier molecular flexibility index (Phi) is 13.5. The first kappa shape index (κ1) is 39.3. The van der Waals surface area contributed by atoms with Gasteiger partial charge in [-0.2, -0.15) is 12.5 Å². The Hall–Kier alpha value is -3.11. The molecular weight excluding hydrogens is 787 g/mol. The predicted molar refractivity (Wildman–Crippen MR) is 204 cm³/mol. The number of benzene rings is 3. The van der Waals surface area contributed by atoms with Gasteiger partial charge in [-0.05, 0) is 65.5 Å². The van der Waals surface area contributed by atoms with E-state index in [4.69, 9.17) is 0 Å². The number of aliphatic hydroxyl groups excluding tert-OH is 1. The maximum atomic E-state index is 11.7. The van der Waals surface area contributed by atoms with Gasteiger partial charge in [0.15, 0.2) is 5.78 Å². The Bertz CT molecular complexity index is 1900. The largest absolute Gasteiger partial charge is 0.512 e. The fourth-order valence-corrected chi connectivity index (χ4v) is 7.84. The minimum atomic E-state index is 0. The van der Waals surface area contributed by atoms with Crippen LogP contribution in [0.4, 0.5) is 0 Å². The summed E-state index contributed by atoms with van der Waals surface area (Å²) in [5, 5.41) is 14.9. The van der Waals surface area contributed by atoms with Gasteiger partial charge >= 0.3 is 0 Å². The maximum Gasteiger partial charge on any atom is 0.162 e. The molecule has 5 heteroatoms. The topological polar surface area (TPSA) is 41.2 Å². The molecule has 5 aromatic rings. The fourth-order valence-electron chi connectivity index (χ4n) is 6.53. The van der Waals surface area contributed by atoms with Gasteiger partial charge in [0.2, 0.25) is 0 Å². The van der Waals surface area contributed by atoms with Crippen LogP contribution < -0.4 is 4.57 Å². The summed E-state index contributed by atoms with van der Waals surface area (Å²) in [6, 6.07) is 20.1. The van der Waals surface area contributed by atoms with Crippen molar-refractivity contribution in [3.8, 4) is 11.3 Å². The van der Waals surface area contributed by atoms with Crippen LogP contribution in [0.5, 0.6) is 0 Å². The van der Waals surface area contributed by atoms with E-state index in [0.717, 1.165) is 36.9 Å². The number of pyridine rings is 1. The van der Waals surface area contributed by atoms with Crippen LogP contribution in [-0.2, 0) is 30.3 Å². The predicted octanol–water partition coefficient (Wildman–Crippen LogP) is 12.3. The minimum Gasteiger partial charge on any atom is -0.512 e. The molecule has 3 nitrogen and oxygen atoms in total. The second-order valence-electron chi connectivity index (χ2n) is 14.1. The van der Waals surface area contributed by atoms with E-state index in [0.29, 0.717) is 5.92 Å². The third-order valence-electron chi connectivity index (χ3n) is 9.64. The number of rotatable bonds is 9. The number of hydrogen-bond donors (Lipinski definition) is 1. The number of allylic oxidation sites excluding steroid dienone is 2. The summed E-state index contributed by atoms with van der Waals surface area (Å²) in [5.74, 6) is 1.06. The number of carbonyl (C=O) groups is 1. The van der Waals surface area contributed by atoms with Crippen molar-refractivity contribution < 1.29 is 34.6 Å². The van der Waals surface area contributed by atoms with Gasteiger partial charge in [0.1, 0.15) is 0 Å². The number of aliphatic hydroxyl groups is 1. The van der Waals surface area contributed by atoms with Gasteiger partial charge in [-0.15, -0.1) is 34.4 Å². The molecule has 259 valence electrons. The van der Waals surface area contributed by atoms with E-state index in [9.17, 15) is 9.90 Å². The van der Waals surface area contributed by atoms with Crippen LogP contribution in [-0.4, -0.2) is 10.9 Å². The van der Waals surface area contributed by atoms with Gasteiger partial charge in [-0.3, -0.25) is 4.79 Å². The fraction of sp³-hybridized carbons (Fsp3) is 0.395. The molecule has 0 spiro atoms. The number of ketones is 1. The van der Waals surface area contributed by atoms with E-state index in [1.165, 1.54) is 53.7 Å². The Morgan fingerprint density at radius 1 is 0.875 bits per heavy atom. The second kappa shape index (κ2) is 16.5. The quantitative estimate of drug-likeness (QED) is 0.0695. The monoisotopic (exact) mass is 841 g/mol. The van der Waals surface area contributed by atoms with Crippen LogP contribution in [0.15, 0.2) is 72.6 Å². The number of nitrogens with zero attached hydrogens (tertiary/aromatic N) is 1. The first-order chi connectivity index (χ1) is 22.3. The average molecular weight is 841 g/mol. The number of fused-ring (bicyclic) bond motifs is 4. The van der Waals surface area contributed by atoms with Gasteiger partial charge in [-0.1, -0.05) is 104 Å². The van der Waals surface area contributed by atoms with Gasteiger partial charge in [0.25, 0.3) is 0 Å². The van der Waals surface area contributed by atoms with E-state index in [-0.39, 0.29) is 48.9 Å². The summed E-state index contributed by atoms with van der Waals surface area (Å²) < 4.78 is 4.63. The average Bonchev–Trinajstić information content (AvgIpc) is 3.40. The van der Waals surface area contributed by atoms with E-state index < -0.39 is 0 Å². The molecule has 0 aliphatic heterocycles. The van der Waals surface area contributed by atoms with Crippen LogP contribution in [0.1, 0.15) is 111 Å². The van der Waals surface area contributed by atoms with Crippen molar-refractivity contribution in [2.24, 2.45) is 11.8 Å². The molecule has 1 N–H and O–H groups in total. The second-order valence-corrected chi connectivity index (χ2v) is 15.2. The molecule has 0 atom stereocenters. The molecule has 0 saturated carbocycles. The molecule has 0 unspecified atom stereocenters. The summed E-state index contributed by atoms with van der Waals surface area (Å²) >= 11 is 1.87. The van der Waals surface area contributed by atoms with Crippen LogP contribution in [0, 0.1) is 25.8 Å². The molecule has 0 aliphatic rings. The van der Waals surface area contributed by atoms with Crippen molar-refractivity contribution in [3.63, 3.8) is 0 Å². The molecule has 0 amide bonds. The summed E-state index contributed by atoms with van der Waals surface area (Å²) in [7, 11) is 4.37. The standard InChI is InChI=1S/C30H30NS.C13H24O2.Ir/c1-18(2)20-12-13-23-24-14-15-31(7)28(29(24)32-27(23)16-20)25-17-26(30(4,5)6)22-11-9-8-10-21(22)19(25)3;1-5-10(6-2)12(14)9-13(15)11(7-3)8-4;/h8-18H,3,7H2,1-2,4-6H3;9-11,14H,5-8H2,1-4H3;/q-1;;/b;12-9-;. The summed E-state index contributed by atoms with van der Waals surface area (Å²) in [6.45, 7) is 24.0. The van der Waals surface area contributed by atoms with Crippen molar-refractivity contribution in [1.29, 1.82) is 0 Å². The SMILES string of the molecule is CCC(CC)C(=O)/C=C(\O)C(CC)CC.[CH2-]c1c(-c2c3sc4cc(C(C)C)ccc4c3cc[n+]2[CH2-])cc(C(C)(C)C)c2ccccc12.[Ir].